The quantitative estimate of drug-likeness (QED) is 0.328. The van der Waals surface area contributed by atoms with Crippen molar-refractivity contribution in [2.75, 3.05) is 0 Å². The molecule has 10 heteroatoms. The number of alkyl halides is 5. The highest BCUT2D eigenvalue weighted by atomic mass is 79.9. The van der Waals surface area contributed by atoms with E-state index in [4.69, 9.17) is 0 Å². The summed E-state index contributed by atoms with van der Waals surface area (Å²) in [4.78, 5) is -1.01. The number of hydrogen-bond donors (Lipinski definition) is 0. The van der Waals surface area contributed by atoms with Crippen molar-refractivity contribution in [2.24, 2.45) is 0 Å². The third kappa shape index (κ3) is 4.03. The van der Waals surface area contributed by atoms with Gasteiger partial charge >= 0.3 is 5.51 Å². The van der Waals surface area contributed by atoms with Gasteiger partial charge in [0.15, 0.2) is 0 Å². The Balaban J connectivity index is 2.28. The molecule has 1 aliphatic rings. The van der Waals surface area contributed by atoms with Gasteiger partial charge in [0.2, 0.25) is 0 Å². The standard InChI is InChI=1S/C19H12Br2F5O2S/c20-17(13-5-1-3-7-15(13)22)9-12(29(27,28)19(24,25)26)10-18(21,11-17)14-6-2-4-8-16(14)23/h1-9,11H,10H2. The van der Waals surface area contributed by atoms with E-state index < -0.39 is 47.0 Å². The number of hydrogen-bond acceptors (Lipinski definition) is 2. The van der Waals surface area contributed by atoms with Crippen molar-refractivity contribution in [1.82, 2.24) is 0 Å². The predicted octanol–water partition coefficient (Wildman–Crippen LogP) is 6.27. The first-order chi connectivity index (χ1) is 13.3. The molecule has 1 radical (unpaired) electrons. The Morgan fingerprint density at radius 1 is 0.862 bits per heavy atom. The van der Waals surface area contributed by atoms with Crippen LogP contribution in [0, 0.1) is 18.1 Å². The molecule has 0 bridgehead atoms. The van der Waals surface area contributed by atoms with Gasteiger partial charge in [-0.15, -0.1) is 0 Å². The smallest absolute Gasteiger partial charge is 0.215 e. The third-order valence-corrected chi connectivity index (χ3v) is 7.88. The molecule has 0 saturated heterocycles. The number of benzene rings is 2. The molecular formula is C19H12Br2F5O2S. The van der Waals surface area contributed by atoms with E-state index in [0.29, 0.717) is 0 Å². The van der Waals surface area contributed by atoms with Crippen molar-refractivity contribution in [2.45, 2.75) is 20.6 Å². The summed E-state index contributed by atoms with van der Waals surface area (Å²) < 4.78 is 89.7. The van der Waals surface area contributed by atoms with Crippen LogP contribution in [0.4, 0.5) is 22.0 Å². The maximum atomic E-state index is 14.5. The van der Waals surface area contributed by atoms with Crippen LogP contribution in [0.15, 0.2) is 59.5 Å². The number of sulfone groups is 1. The maximum absolute atomic E-state index is 14.5. The molecule has 2 aromatic carbocycles. The molecule has 2 unspecified atom stereocenters. The minimum absolute atomic E-state index is 0.0804. The molecule has 0 N–H and O–H groups in total. The van der Waals surface area contributed by atoms with Gasteiger partial charge in [-0.25, -0.2) is 17.2 Å². The van der Waals surface area contributed by atoms with Crippen LogP contribution >= 0.6 is 31.9 Å². The van der Waals surface area contributed by atoms with Crippen LogP contribution in [0.3, 0.4) is 0 Å². The van der Waals surface area contributed by atoms with Crippen LogP contribution in [0.2, 0.25) is 0 Å². The van der Waals surface area contributed by atoms with Crippen molar-refractivity contribution in [3.05, 3.63) is 88.7 Å². The largest absolute Gasteiger partial charge is 0.501 e. The lowest BCUT2D eigenvalue weighted by Crippen LogP contribution is -2.39. The summed E-state index contributed by atoms with van der Waals surface area (Å²) in [5, 5.41) is 0. The van der Waals surface area contributed by atoms with Gasteiger partial charge in [-0.1, -0.05) is 68.3 Å². The Morgan fingerprint density at radius 2 is 1.34 bits per heavy atom. The summed E-state index contributed by atoms with van der Waals surface area (Å²) >= 11 is 6.43. The van der Waals surface area contributed by atoms with Crippen LogP contribution in [0.25, 0.3) is 0 Å². The van der Waals surface area contributed by atoms with Gasteiger partial charge in [0.05, 0.1) is 13.6 Å². The van der Waals surface area contributed by atoms with Gasteiger partial charge in [-0.05, 0) is 18.2 Å². The molecule has 29 heavy (non-hydrogen) atoms. The van der Waals surface area contributed by atoms with Gasteiger partial charge in [0, 0.05) is 24.0 Å². The summed E-state index contributed by atoms with van der Waals surface area (Å²) in [7, 11) is -5.75. The van der Waals surface area contributed by atoms with E-state index >= 15 is 0 Å². The molecule has 2 atom stereocenters. The van der Waals surface area contributed by atoms with E-state index in [2.05, 4.69) is 31.9 Å². The summed E-state index contributed by atoms with van der Waals surface area (Å²) in [6, 6.07) is 10.5. The molecule has 0 fully saturated rings. The molecule has 0 saturated carbocycles. The zero-order valence-electron chi connectivity index (χ0n) is 14.4. The van der Waals surface area contributed by atoms with Crippen LogP contribution in [-0.2, 0) is 18.5 Å². The molecule has 3 rings (SSSR count). The SMILES string of the molecule is O=S(=O)(C1=CC(Br)(c2ccccc2F)[CH]C(Br)(c2ccccc2F)C1)C(F)(F)F. The van der Waals surface area contributed by atoms with Gasteiger partial charge in [0.25, 0.3) is 9.84 Å². The third-order valence-electron chi connectivity index (χ3n) is 4.50. The van der Waals surface area contributed by atoms with Crippen LogP contribution in [-0.4, -0.2) is 13.9 Å². The molecule has 0 aromatic heterocycles. The first kappa shape index (κ1) is 22.4. The molecule has 2 aromatic rings. The fraction of sp³-hybridized carbons (Fsp3) is 0.211. The lowest BCUT2D eigenvalue weighted by atomic mass is 9.78. The van der Waals surface area contributed by atoms with Gasteiger partial charge in [-0.3, -0.25) is 0 Å². The Hall–Kier alpha value is -1.26. The van der Waals surface area contributed by atoms with Gasteiger partial charge in [0.1, 0.15) is 11.6 Å². The Kier molecular flexibility index (Phi) is 5.77. The number of halogens is 7. The molecule has 0 amide bonds. The fourth-order valence-corrected chi connectivity index (χ4v) is 6.86. The minimum atomic E-state index is -5.75. The highest BCUT2D eigenvalue weighted by molar-refractivity contribution is 9.10. The molecule has 155 valence electrons. The second-order valence-corrected chi connectivity index (χ2v) is 11.2. The second-order valence-electron chi connectivity index (χ2n) is 6.47. The Bertz CT molecular complexity index is 1080. The molecule has 0 spiro atoms. The minimum Gasteiger partial charge on any atom is -0.215 e. The van der Waals surface area contributed by atoms with Crippen molar-refractivity contribution in [1.29, 1.82) is 0 Å². The summed E-state index contributed by atoms with van der Waals surface area (Å²) in [6.45, 7) is 0. The van der Waals surface area contributed by atoms with Crippen molar-refractivity contribution in [3.8, 4) is 0 Å². The lowest BCUT2D eigenvalue weighted by molar-refractivity contribution is -0.0428. The van der Waals surface area contributed by atoms with E-state index in [1.165, 1.54) is 42.8 Å². The van der Waals surface area contributed by atoms with Crippen LogP contribution in [0.5, 0.6) is 0 Å². The number of allylic oxidation sites excluding steroid dienone is 2. The fourth-order valence-electron chi connectivity index (χ4n) is 3.18. The van der Waals surface area contributed by atoms with Gasteiger partial charge < -0.3 is 0 Å². The van der Waals surface area contributed by atoms with E-state index in [1.54, 1.807) is 0 Å². The normalized spacial score (nSPS) is 25.6. The average molecular weight is 559 g/mol. The van der Waals surface area contributed by atoms with Crippen molar-refractivity contribution < 1.29 is 30.4 Å². The second kappa shape index (κ2) is 7.46. The zero-order chi connectivity index (χ0) is 21.7. The average Bonchev–Trinajstić information content (AvgIpc) is 2.60. The predicted molar refractivity (Wildman–Crippen MR) is 106 cm³/mol. The first-order valence-electron chi connectivity index (χ1n) is 8.08. The highest BCUT2D eigenvalue weighted by Crippen LogP contribution is 2.56. The van der Waals surface area contributed by atoms with E-state index in [1.807, 2.05) is 0 Å². The molecule has 0 heterocycles. The van der Waals surface area contributed by atoms with E-state index in [-0.39, 0.29) is 11.1 Å². The topological polar surface area (TPSA) is 34.1 Å². The van der Waals surface area contributed by atoms with E-state index in [0.717, 1.165) is 18.2 Å². The molecule has 0 aliphatic heterocycles. The first-order valence-corrected chi connectivity index (χ1v) is 11.2. The van der Waals surface area contributed by atoms with Crippen molar-refractivity contribution >= 4 is 41.7 Å². The van der Waals surface area contributed by atoms with Crippen LogP contribution in [0.1, 0.15) is 17.5 Å². The monoisotopic (exact) mass is 557 g/mol. The molecule has 1 aliphatic carbocycles. The summed E-state index contributed by atoms with van der Waals surface area (Å²) in [6.07, 6.45) is 1.43. The maximum Gasteiger partial charge on any atom is 0.501 e. The summed E-state index contributed by atoms with van der Waals surface area (Å²) in [5.41, 5.74) is -5.76. The highest BCUT2D eigenvalue weighted by Gasteiger charge is 2.55. The molecular weight excluding hydrogens is 547 g/mol. The lowest BCUT2D eigenvalue weighted by Gasteiger charge is -2.41. The van der Waals surface area contributed by atoms with E-state index in [9.17, 15) is 30.4 Å². The zero-order valence-corrected chi connectivity index (χ0v) is 18.3. The molecule has 2 nitrogen and oxygen atoms in total. The Morgan fingerprint density at radius 3 is 1.83 bits per heavy atom. The number of rotatable bonds is 3. The van der Waals surface area contributed by atoms with Crippen molar-refractivity contribution in [3.63, 3.8) is 0 Å². The van der Waals surface area contributed by atoms with Gasteiger partial charge in [-0.2, -0.15) is 13.2 Å². The van der Waals surface area contributed by atoms with Crippen LogP contribution < -0.4 is 0 Å². The Labute approximate surface area is 181 Å². The summed E-state index contributed by atoms with van der Waals surface area (Å²) in [5.74, 6) is -1.53.